The number of rotatable bonds is 4. The van der Waals surface area contributed by atoms with Crippen LogP contribution in [0.3, 0.4) is 0 Å². The summed E-state index contributed by atoms with van der Waals surface area (Å²) in [5, 5.41) is 23.5. The van der Waals surface area contributed by atoms with Crippen LogP contribution in [0.25, 0.3) is 0 Å². The second-order valence-electron chi connectivity index (χ2n) is 5.53. The van der Waals surface area contributed by atoms with Crippen molar-refractivity contribution >= 4 is 35.0 Å². The van der Waals surface area contributed by atoms with Gasteiger partial charge in [-0.25, -0.2) is 9.97 Å². The molecule has 0 bridgehead atoms. The molecule has 130 valence electrons. The summed E-state index contributed by atoms with van der Waals surface area (Å²) in [5.74, 6) is 6.46. The zero-order valence-electron chi connectivity index (χ0n) is 13.9. The summed E-state index contributed by atoms with van der Waals surface area (Å²) in [6.07, 6.45) is 4.41. The third-order valence-corrected chi connectivity index (χ3v) is 4.43. The van der Waals surface area contributed by atoms with Gasteiger partial charge in [-0.2, -0.15) is 4.98 Å². The maximum absolute atomic E-state index is 10.5. The van der Waals surface area contributed by atoms with Gasteiger partial charge in [0.2, 0.25) is 5.95 Å². The minimum Gasteiger partial charge on any atom is -0.371 e. The Labute approximate surface area is 154 Å². The van der Waals surface area contributed by atoms with Crippen LogP contribution in [0.15, 0.2) is 42.0 Å². The van der Waals surface area contributed by atoms with Crippen LogP contribution in [-0.4, -0.2) is 26.3 Å². The fourth-order valence-electron chi connectivity index (χ4n) is 2.16. The Morgan fingerprint density at radius 2 is 2.15 bits per heavy atom. The Balaban J connectivity index is 1.91. The van der Waals surface area contributed by atoms with Crippen LogP contribution >= 0.6 is 11.3 Å². The van der Waals surface area contributed by atoms with Crippen LogP contribution in [0.5, 0.6) is 0 Å². The first kappa shape index (κ1) is 17.5. The second kappa shape index (κ2) is 7.31. The Morgan fingerprint density at radius 1 is 1.31 bits per heavy atom. The normalized spacial score (nSPS) is 12.5. The third kappa shape index (κ3) is 4.03. The van der Waals surface area contributed by atoms with E-state index in [0.717, 1.165) is 0 Å². The summed E-state index contributed by atoms with van der Waals surface area (Å²) in [4.78, 5) is 12.0. The average molecular weight is 364 g/mol. The van der Waals surface area contributed by atoms with Gasteiger partial charge in [-0.1, -0.05) is 17.9 Å². The highest BCUT2D eigenvalue weighted by Crippen LogP contribution is 2.23. The number of anilines is 3. The quantitative estimate of drug-likeness (QED) is 0.417. The topological polar surface area (TPSA) is 121 Å². The van der Waals surface area contributed by atoms with Crippen molar-refractivity contribution in [2.75, 3.05) is 11.1 Å². The fraction of sp³-hybridized carbons (Fsp3) is 0.111. The second-order valence-corrected chi connectivity index (χ2v) is 6.43. The van der Waals surface area contributed by atoms with Crippen molar-refractivity contribution in [2.24, 2.45) is 0 Å². The van der Waals surface area contributed by atoms with Crippen molar-refractivity contribution < 1.29 is 5.11 Å². The molecule has 0 saturated carbocycles. The zero-order valence-corrected chi connectivity index (χ0v) is 14.7. The molecule has 1 unspecified atom stereocenters. The van der Waals surface area contributed by atoms with E-state index in [0.29, 0.717) is 27.6 Å². The minimum absolute atomic E-state index is 0.154. The van der Waals surface area contributed by atoms with E-state index in [1.165, 1.54) is 17.6 Å². The predicted octanol–water partition coefficient (Wildman–Crippen LogP) is 2.52. The highest BCUT2D eigenvalue weighted by atomic mass is 32.1. The van der Waals surface area contributed by atoms with Crippen LogP contribution in [0, 0.1) is 17.3 Å². The fourth-order valence-corrected chi connectivity index (χ4v) is 2.81. The number of thiazole rings is 1. The molecular formula is C18H16N6OS. The molecule has 3 rings (SSSR count). The summed E-state index contributed by atoms with van der Waals surface area (Å²) in [6.45, 7) is 1.60. The van der Waals surface area contributed by atoms with Gasteiger partial charge >= 0.3 is 0 Å². The number of nitrogens with two attached hydrogens (primary N) is 1. The lowest BCUT2D eigenvalue weighted by atomic mass is 10.1. The lowest BCUT2D eigenvalue weighted by Gasteiger charge is -2.12. The first-order valence-electron chi connectivity index (χ1n) is 7.63. The lowest BCUT2D eigenvalue weighted by Crippen LogP contribution is -2.17. The summed E-state index contributed by atoms with van der Waals surface area (Å²) < 4.78 is 0. The van der Waals surface area contributed by atoms with Crippen molar-refractivity contribution in [3.63, 3.8) is 0 Å². The molecule has 0 amide bonds. The molecule has 3 aromatic rings. The van der Waals surface area contributed by atoms with Crippen LogP contribution in [0.4, 0.5) is 17.5 Å². The van der Waals surface area contributed by atoms with E-state index in [1.807, 2.05) is 0 Å². The molecule has 0 aliphatic rings. The van der Waals surface area contributed by atoms with Gasteiger partial charge in [0.05, 0.1) is 0 Å². The molecule has 2 aromatic heterocycles. The molecule has 26 heavy (non-hydrogen) atoms. The van der Waals surface area contributed by atoms with E-state index in [2.05, 4.69) is 32.1 Å². The molecule has 1 atom stereocenters. The van der Waals surface area contributed by atoms with Gasteiger partial charge in [0.25, 0.3) is 0 Å². The van der Waals surface area contributed by atoms with E-state index in [9.17, 15) is 5.11 Å². The van der Waals surface area contributed by atoms with Crippen LogP contribution in [0.1, 0.15) is 23.1 Å². The highest BCUT2D eigenvalue weighted by Gasteiger charge is 2.22. The number of benzene rings is 1. The van der Waals surface area contributed by atoms with Crippen molar-refractivity contribution in [2.45, 2.75) is 12.5 Å². The smallest absolute Gasteiger partial charge is 0.221 e. The lowest BCUT2D eigenvalue weighted by molar-refractivity contribution is 0.122. The van der Waals surface area contributed by atoms with Gasteiger partial charge in [-0.15, -0.1) is 11.3 Å². The number of aliphatic hydroxyl groups is 1. The molecule has 0 radical (unpaired) electrons. The van der Waals surface area contributed by atoms with Crippen molar-refractivity contribution in [1.82, 2.24) is 15.0 Å². The maximum atomic E-state index is 10.5. The van der Waals surface area contributed by atoms with Gasteiger partial charge < -0.3 is 21.6 Å². The van der Waals surface area contributed by atoms with Gasteiger partial charge in [0, 0.05) is 40.8 Å². The number of hydrogen-bond acceptors (Lipinski definition) is 8. The largest absolute Gasteiger partial charge is 0.371 e. The van der Waals surface area contributed by atoms with E-state index in [4.69, 9.17) is 11.1 Å². The first-order chi connectivity index (χ1) is 12.5. The number of aromatic nitrogens is 3. The first-order valence-corrected chi connectivity index (χ1v) is 8.51. The van der Waals surface area contributed by atoms with Gasteiger partial charge in [0.1, 0.15) is 10.8 Å². The molecule has 0 spiro atoms. The minimum atomic E-state index is -1.33. The Morgan fingerprint density at radius 3 is 2.85 bits per heavy atom. The zero-order chi connectivity index (χ0) is 18.6. The predicted molar refractivity (Wildman–Crippen MR) is 103 cm³/mol. The Bertz CT molecular complexity index is 988. The van der Waals surface area contributed by atoms with E-state index < -0.39 is 5.60 Å². The highest BCUT2D eigenvalue weighted by molar-refractivity contribution is 7.09. The average Bonchev–Trinajstić information content (AvgIpc) is 3.16. The van der Waals surface area contributed by atoms with Crippen LogP contribution in [-0.2, 0) is 5.60 Å². The summed E-state index contributed by atoms with van der Waals surface area (Å²) in [7, 11) is 0. The number of nitrogens with zero attached hydrogens (tertiary/aromatic N) is 3. The summed E-state index contributed by atoms with van der Waals surface area (Å²) in [5.41, 5.74) is 6.26. The number of nitrogen functional groups attached to an aromatic ring is 1. The van der Waals surface area contributed by atoms with E-state index >= 15 is 0 Å². The van der Waals surface area contributed by atoms with Crippen molar-refractivity contribution in [1.29, 1.82) is 5.41 Å². The molecule has 1 aromatic carbocycles. The van der Waals surface area contributed by atoms with Crippen LogP contribution < -0.4 is 11.1 Å². The SMILES string of the molecule is CC(O)(C#Cc1ccc(C=N)c(Nc2ccnc(N)n2)c1)c1nccs1. The molecule has 0 saturated heterocycles. The monoisotopic (exact) mass is 364 g/mol. The van der Waals surface area contributed by atoms with Gasteiger partial charge in [0.15, 0.2) is 5.60 Å². The third-order valence-electron chi connectivity index (χ3n) is 3.44. The van der Waals surface area contributed by atoms with Crippen molar-refractivity contribution in [3.8, 4) is 11.8 Å². The molecule has 8 heteroatoms. The number of hydrogen-bond donors (Lipinski definition) is 4. The molecule has 0 fully saturated rings. The molecular weight excluding hydrogens is 348 g/mol. The molecule has 0 aliphatic carbocycles. The summed E-state index contributed by atoms with van der Waals surface area (Å²) in [6, 6.07) is 7.01. The van der Waals surface area contributed by atoms with E-state index in [1.54, 1.807) is 49.0 Å². The maximum Gasteiger partial charge on any atom is 0.221 e. The standard InChI is InChI=1S/C18H16N6OS/c1-18(25,16-21-8-9-26-16)6-4-12-2-3-13(11-19)14(10-12)23-15-5-7-22-17(20)24-15/h2-3,5,7-11,19,25H,1H3,(H3,20,22,23,24). The molecule has 0 aliphatic heterocycles. The van der Waals surface area contributed by atoms with Crippen molar-refractivity contribution in [3.05, 3.63) is 58.2 Å². The van der Waals surface area contributed by atoms with Gasteiger partial charge in [-0.05, 0) is 25.1 Å². The summed E-state index contributed by atoms with van der Waals surface area (Å²) >= 11 is 1.35. The number of nitrogens with one attached hydrogen (secondary N) is 2. The van der Waals surface area contributed by atoms with E-state index in [-0.39, 0.29) is 5.95 Å². The Kier molecular flexibility index (Phi) is 4.93. The molecule has 2 heterocycles. The van der Waals surface area contributed by atoms with Crippen LogP contribution in [0.2, 0.25) is 0 Å². The molecule has 5 N–H and O–H groups in total. The Hall–Kier alpha value is -3.28. The van der Waals surface area contributed by atoms with Gasteiger partial charge in [-0.3, -0.25) is 0 Å². The molecule has 7 nitrogen and oxygen atoms in total.